The van der Waals surface area contributed by atoms with Crippen LogP contribution in [0, 0.1) is 0 Å². The zero-order chi connectivity index (χ0) is 23.5. The normalized spacial score (nSPS) is 11.2. The van der Waals surface area contributed by atoms with Crippen LogP contribution in [0.5, 0.6) is 0 Å². The molecule has 0 spiro atoms. The Bertz CT molecular complexity index is 1460. The van der Waals surface area contributed by atoms with Crippen LogP contribution < -0.4 is 5.32 Å². The van der Waals surface area contributed by atoms with Gasteiger partial charge in [0.15, 0.2) is 15.3 Å². The topological polar surface area (TPSA) is 87.7 Å². The maximum absolute atomic E-state index is 12.4. The van der Waals surface area contributed by atoms with Gasteiger partial charge < -0.3 is 10.3 Å². The minimum atomic E-state index is -0.113. The lowest BCUT2D eigenvalue weighted by molar-refractivity contribution is -0.113. The number of thioether (sulfide) groups is 2. The highest BCUT2D eigenvalue weighted by Gasteiger charge is 2.12. The first-order valence-electron chi connectivity index (χ1n) is 10.2. The summed E-state index contributed by atoms with van der Waals surface area (Å²) in [6.07, 6.45) is 0. The molecule has 0 unspecified atom stereocenters. The van der Waals surface area contributed by atoms with E-state index in [4.69, 9.17) is 11.6 Å². The van der Waals surface area contributed by atoms with E-state index in [0.29, 0.717) is 27.2 Å². The summed E-state index contributed by atoms with van der Waals surface area (Å²) >= 11 is 10.1. The molecule has 3 aromatic carbocycles. The number of hydrogen-bond donors (Lipinski definition) is 2. The zero-order valence-electron chi connectivity index (χ0n) is 17.6. The van der Waals surface area contributed by atoms with E-state index in [1.165, 1.54) is 34.9 Å². The number of thiazole rings is 1. The van der Waals surface area contributed by atoms with Crippen molar-refractivity contribution < 1.29 is 9.59 Å². The average molecular weight is 525 g/mol. The largest absolute Gasteiger partial charge is 0.333 e. The van der Waals surface area contributed by atoms with Gasteiger partial charge in [0, 0.05) is 16.3 Å². The summed E-state index contributed by atoms with van der Waals surface area (Å²) in [6.45, 7) is 0. The molecule has 0 fully saturated rings. The summed E-state index contributed by atoms with van der Waals surface area (Å²) in [5, 5.41) is 4.24. The van der Waals surface area contributed by atoms with Gasteiger partial charge in [0.25, 0.3) is 0 Å². The molecule has 2 N–H and O–H groups in total. The molecule has 34 heavy (non-hydrogen) atoms. The minimum Gasteiger partial charge on any atom is -0.333 e. The van der Waals surface area contributed by atoms with Gasteiger partial charge in [-0.15, -0.1) is 11.3 Å². The van der Waals surface area contributed by atoms with Gasteiger partial charge in [0.05, 0.1) is 32.8 Å². The van der Waals surface area contributed by atoms with Crippen LogP contribution in [0.15, 0.2) is 76.2 Å². The number of benzene rings is 3. The first-order valence-corrected chi connectivity index (χ1v) is 13.4. The van der Waals surface area contributed by atoms with Crippen LogP contribution in [0.4, 0.5) is 5.69 Å². The molecule has 5 rings (SSSR count). The Labute approximate surface area is 212 Å². The van der Waals surface area contributed by atoms with Crippen molar-refractivity contribution in [1.82, 2.24) is 15.0 Å². The van der Waals surface area contributed by atoms with E-state index in [1.54, 1.807) is 24.3 Å². The SMILES string of the molecule is O=C(CSc1nc2ccccc2[nH]1)Nc1ccc2nc(SCC(=O)c3ccc(Cl)cc3)sc2c1. The molecule has 5 aromatic rings. The molecule has 1 amide bonds. The van der Waals surface area contributed by atoms with Crippen molar-refractivity contribution >= 4 is 85.1 Å². The van der Waals surface area contributed by atoms with Crippen molar-refractivity contribution in [3.05, 3.63) is 77.3 Å². The molecule has 0 atom stereocenters. The molecule has 2 aromatic heterocycles. The second-order valence-electron chi connectivity index (χ2n) is 7.28. The number of para-hydroxylation sites is 2. The predicted octanol–water partition coefficient (Wildman–Crippen LogP) is 6.53. The van der Waals surface area contributed by atoms with Gasteiger partial charge in [-0.3, -0.25) is 9.59 Å². The van der Waals surface area contributed by atoms with Crippen molar-refractivity contribution in [2.24, 2.45) is 0 Å². The Kier molecular flexibility index (Phi) is 6.87. The number of ketones is 1. The third-order valence-electron chi connectivity index (χ3n) is 4.85. The fourth-order valence-electron chi connectivity index (χ4n) is 3.22. The van der Waals surface area contributed by atoms with Gasteiger partial charge in [-0.05, 0) is 54.6 Å². The van der Waals surface area contributed by atoms with Gasteiger partial charge in [-0.25, -0.2) is 9.97 Å². The number of anilines is 1. The first-order chi connectivity index (χ1) is 16.5. The second-order valence-corrected chi connectivity index (χ2v) is 10.9. The van der Waals surface area contributed by atoms with Gasteiger partial charge in [-0.1, -0.05) is 47.3 Å². The van der Waals surface area contributed by atoms with E-state index >= 15 is 0 Å². The molecule has 0 radical (unpaired) electrons. The molecule has 170 valence electrons. The van der Waals surface area contributed by atoms with Crippen molar-refractivity contribution in [3.63, 3.8) is 0 Å². The predicted molar refractivity (Wildman–Crippen MR) is 142 cm³/mol. The standard InChI is InChI=1S/C24H17ClN4O2S3/c25-15-7-5-14(6-8-15)20(30)12-33-24-29-19-10-9-16(11-21(19)34-24)26-22(31)13-32-23-27-17-3-1-2-4-18(17)28-23/h1-11H,12-13H2,(H,26,31)(H,27,28). The van der Waals surface area contributed by atoms with Gasteiger partial charge >= 0.3 is 0 Å². The highest BCUT2D eigenvalue weighted by atomic mass is 35.5. The van der Waals surface area contributed by atoms with Crippen LogP contribution in [0.25, 0.3) is 21.3 Å². The third kappa shape index (κ3) is 5.44. The maximum atomic E-state index is 12.4. The van der Waals surface area contributed by atoms with Crippen LogP contribution >= 0.6 is 46.5 Å². The lowest BCUT2D eigenvalue weighted by Gasteiger charge is -2.04. The molecule has 2 heterocycles. The summed E-state index contributed by atoms with van der Waals surface area (Å²) in [5.41, 5.74) is 4.00. The molecule has 0 bridgehead atoms. The molecule has 6 nitrogen and oxygen atoms in total. The molecule has 0 saturated carbocycles. The second kappa shape index (κ2) is 10.2. The summed E-state index contributed by atoms with van der Waals surface area (Å²) in [4.78, 5) is 37.1. The Morgan fingerprint density at radius 3 is 2.59 bits per heavy atom. The Morgan fingerprint density at radius 1 is 0.941 bits per heavy atom. The lowest BCUT2D eigenvalue weighted by atomic mass is 10.1. The van der Waals surface area contributed by atoms with E-state index in [-0.39, 0.29) is 17.4 Å². The first kappa shape index (κ1) is 22.9. The van der Waals surface area contributed by atoms with Crippen LogP contribution in [0.1, 0.15) is 10.4 Å². The quantitative estimate of drug-likeness (QED) is 0.177. The molecule has 10 heteroatoms. The molecular weight excluding hydrogens is 508 g/mol. The van der Waals surface area contributed by atoms with E-state index < -0.39 is 0 Å². The van der Waals surface area contributed by atoms with Crippen LogP contribution in [0.3, 0.4) is 0 Å². The maximum Gasteiger partial charge on any atom is 0.234 e. The van der Waals surface area contributed by atoms with Crippen LogP contribution in [-0.2, 0) is 4.79 Å². The fraction of sp³-hybridized carbons (Fsp3) is 0.0833. The smallest absolute Gasteiger partial charge is 0.234 e. The average Bonchev–Trinajstić information content (AvgIpc) is 3.44. The fourth-order valence-corrected chi connectivity index (χ4v) is 6.03. The number of aromatic nitrogens is 3. The van der Waals surface area contributed by atoms with E-state index in [0.717, 1.165) is 25.6 Å². The number of imidazole rings is 1. The van der Waals surface area contributed by atoms with Crippen molar-refractivity contribution in [2.75, 3.05) is 16.8 Å². The summed E-state index contributed by atoms with van der Waals surface area (Å²) in [5.74, 6) is 0.451. The van der Waals surface area contributed by atoms with E-state index in [9.17, 15) is 9.59 Å². The summed E-state index contributed by atoms with van der Waals surface area (Å²) in [6, 6.07) is 20.2. The van der Waals surface area contributed by atoms with Crippen molar-refractivity contribution in [1.29, 1.82) is 0 Å². The number of nitrogens with zero attached hydrogens (tertiary/aromatic N) is 2. The third-order valence-corrected chi connectivity index (χ3v) is 8.14. The molecule has 0 aliphatic carbocycles. The van der Waals surface area contributed by atoms with Gasteiger partial charge in [0.2, 0.25) is 5.91 Å². The summed E-state index contributed by atoms with van der Waals surface area (Å²) < 4.78 is 1.76. The number of aromatic amines is 1. The zero-order valence-corrected chi connectivity index (χ0v) is 20.8. The summed E-state index contributed by atoms with van der Waals surface area (Å²) in [7, 11) is 0. The van der Waals surface area contributed by atoms with E-state index in [1.807, 2.05) is 42.5 Å². The number of fused-ring (bicyclic) bond motifs is 2. The van der Waals surface area contributed by atoms with Crippen LogP contribution in [-0.4, -0.2) is 38.1 Å². The highest BCUT2D eigenvalue weighted by Crippen LogP contribution is 2.32. The monoisotopic (exact) mass is 524 g/mol. The number of nitrogens with one attached hydrogen (secondary N) is 2. The Morgan fingerprint density at radius 2 is 1.76 bits per heavy atom. The van der Waals surface area contributed by atoms with E-state index in [2.05, 4.69) is 20.3 Å². The van der Waals surface area contributed by atoms with Crippen molar-refractivity contribution in [3.8, 4) is 0 Å². The number of hydrogen-bond acceptors (Lipinski definition) is 7. The van der Waals surface area contributed by atoms with Crippen molar-refractivity contribution in [2.45, 2.75) is 9.50 Å². The molecule has 0 aliphatic rings. The molecular formula is C24H17ClN4O2S3. The number of carbonyl (C=O) groups is 2. The minimum absolute atomic E-state index is 0.0239. The number of amides is 1. The van der Waals surface area contributed by atoms with Crippen LogP contribution in [0.2, 0.25) is 5.02 Å². The number of carbonyl (C=O) groups excluding carboxylic acids is 2. The Balaban J connectivity index is 1.18. The molecule has 0 saturated heterocycles. The number of halogens is 1. The molecule has 0 aliphatic heterocycles. The number of rotatable bonds is 8. The van der Waals surface area contributed by atoms with Gasteiger partial charge in [-0.2, -0.15) is 0 Å². The van der Waals surface area contributed by atoms with Gasteiger partial charge in [0.1, 0.15) is 0 Å². The Hall–Kier alpha value is -2.85. The highest BCUT2D eigenvalue weighted by molar-refractivity contribution is 8.01. The lowest BCUT2D eigenvalue weighted by Crippen LogP contribution is -2.13. The number of Topliss-reactive ketones (excluding diaryl/α,β-unsaturated/α-hetero) is 1. The number of H-pyrrole nitrogens is 1.